The first-order valence-electron chi connectivity index (χ1n) is 7.73. The van der Waals surface area contributed by atoms with Crippen LogP contribution < -0.4 is 14.8 Å². The van der Waals surface area contributed by atoms with Crippen molar-refractivity contribution in [3.63, 3.8) is 0 Å². The summed E-state index contributed by atoms with van der Waals surface area (Å²) in [7, 11) is 3.11. The third-order valence-corrected chi connectivity index (χ3v) is 4.43. The smallest absolute Gasteiger partial charge is 0.322 e. The Morgan fingerprint density at radius 1 is 1.08 bits per heavy atom. The highest BCUT2D eigenvalue weighted by atomic mass is 32.2. The highest BCUT2D eigenvalue weighted by molar-refractivity contribution is 8.00. The Morgan fingerprint density at radius 3 is 2.58 bits per heavy atom. The predicted molar refractivity (Wildman–Crippen MR) is 98.6 cm³/mol. The summed E-state index contributed by atoms with van der Waals surface area (Å²) in [5, 5.41) is 10.4. The molecule has 8 heteroatoms. The lowest BCUT2D eigenvalue weighted by molar-refractivity contribution is -0.113. The number of hydrogen-bond acceptors (Lipinski definition) is 7. The Bertz CT molecular complexity index is 883. The van der Waals surface area contributed by atoms with Crippen molar-refractivity contribution >= 4 is 23.7 Å². The first-order chi connectivity index (χ1) is 12.7. The number of carbonyl (C=O) groups is 1. The second kappa shape index (κ2) is 8.39. The van der Waals surface area contributed by atoms with Crippen LogP contribution in [0.2, 0.25) is 0 Å². The summed E-state index contributed by atoms with van der Waals surface area (Å²) in [5.74, 6) is 1.45. The summed E-state index contributed by atoms with van der Waals surface area (Å²) in [6.07, 6.45) is 0. The zero-order valence-electron chi connectivity index (χ0n) is 14.3. The maximum absolute atomic E-state index is 12.0. The minimum Gasteiger partial charge on any atom is -0.493 e. The lowest BCUT2D eigenvalue weighted by Crippen LogP contribution is -2.14. The SMILES string of the molecule is COc1ccc(-c2nnc(NC(=O)CSc3ccccc3)o2)cc1OC. The molecule has 0 saturated heterocycles. The van der Waals surface area contributed by atoms with Crippen LogP contribution in [0.5, 0.6) is 11.5 Å². The zero-order chi connectivity index (χ0) is 18.4. The molecular formula is C18H17N3O4S. The van der Waals surface area contributed by atoms with Gasteiger partial charge in [-0.05, 0) is 30.3 Å². The van der Waals surface area contributed by atoms with Gasteiger partial charge >= 0.3 is 6.01 Å². The Morgan fingerprint density at radius 2 is 1.85 bits per heavy atom. The van der Waals surface area contributed by atoms with Gasteiger partial charge in [0.2, 0.25) is 11.8 Å². The number of benzene rings is 2. The summed E-state index contributed by atoms with van der Waals surface area (Å²) in [4.78, 5) is 13.0. The van der Waals surface area contributed by atoms with Crippen LogP contribution in [-0.4, -0.2) is 36.1 Å². The third kappa shape index (κ3) is 4.34. The standard InChI is InChI=1S/C18H17N3O4S/c1-23-14-9-8-12(10-15(14)24-2)17-20-21-18(25-17)19-16(22)11-26-13-6-4-3-5-7-13/h3-10H,11H2,1-2H3,(H,19,21,22). The Labute approximate surface area is 154 Å². The average Bonchev–Trinajstić information content (AvgIpc) is 3.15. The van der Waals surface area contributed by atoms with Gasteiger partial charge in [-0.2, -0.15) is 0 Å². The molecular weight excluding hydrogens is 354 g/mol. The van der Waals surface area contributed by atoms with Crippen molar-refractivity contribution < 1.29 is 18.7 Å². The van der Waals surface area contributed by atoms with E-state index in [1.54, 1.807) is 32.4 Å². The number of hydrogen-bond donors (Lipinski definition) is 1. The van der Waals surface area contributed by atoms with E-state index in [4.69, 9.17) is 13.9 Å². The van der Waals surface area contributed by atoms with E-state index < -0.39 is 0 Å². The van der Waals surface area contributed by atoms with Crippen molar-refractivity contribution in [3.8, 4) is 23.0 Å². The molecule has 2 aromatic carbocycles. The molecule has 3 rings (SSSR count). The molecule has 26 heavy (non-hydrogen) atoms. The third-order valence-electron chi connectivity index (χ3n) is 3.41. The molecule has 0 unspecified atom stereocenters. The summed E-state index contributed by atoms with van der Waals surface area (Å²) < 4.78 is 16.0. The van der Waals surface area contributed by atoms with E-state index in [1.165, 1.54) is 11.8 Å². The molecule has 134 valence electrons. The second-order valence-corrected chi connectivity index (χ2v) is 6.18. The van der Waals surface area contributed by atoms with Gasteiger partial charge in [0, 0.05) is 10.5 Å². The molecule has 0 saturated carbocycles. The largest absolute Gasteiger partial charge is 0.493 e. The first kappa shape index (κ1) is 17.8. The number of aromatic nitrogens is 2. The number of rotatable bonds is 7. The molecule has 7 nitrogen and oxygen atoms in total. The Hall–Kier alpha value is -3.00. The van der Waals surface area contributed by atoms with Gasteiger partial charge in [-0.15, -0.1) is 16.9 Å². The van der Waals surface area contributed by atoms with E-state index in [1.807, 2.05) is 30.3 Å². The molecule has 1 heterocycles. The van der Waals surface area contributed by atoms with Gasteiger partial charge in [0.25, 0.3) is 0 Å². The molecule has 0 bridgehead atoms. The van der Waals surface area contributed by atoms with E-state index in [0.29, 0.717) is 17.1 Å². The summed E-state index contributed by atoms with van der Waals surface area (Å²) in [5.41, 5.74) is 0.661. The minimum atomic E-state index is -0.221. The molecule has 0 radical (unpaired) electrons. The molecule has 0 atom stereocenters. The molecule has 0 fully saturated rings. The van der Waals surface area contributed by atoms with Crippen LogP contribution in [0.3, 0.4) is 0 Å². The fourth-order valence-corrected chi connectivity index (χ4v) is 2.90. The van der Waals surface area contributed by atoms with E-state index in [2.05, 4.69) is 15.5 Å². The second-order valence-electron chi connectivity index (χ2n) is 5.13. The van der Waals surface area contributed by atoms with Gasteiger partial charge in [-0.1, -0.05) is 23.3 Å². The van der Waals surface area contributed by atoms with Crippen LogP contribution in [0.15, 0.2) is 57.8 Å². The zero-order valence-corrected chi connectivity index (χ0v) is 15.1. The van der Waals surface area contributed by atoms with Crippen LogP contribution in [0, 0.1) is 0 Å². The van der Waals surface area contributed by atoms with Crippen molar-refractivity contribution in [2.75, 3.05) is 25.3 Å². The maximum atomic E-state index is 12.0. The van der Waals surface area contributed by atoms with E-state index >= 15 is 0 Å². The highest BCUT2D eigenvalue weighted by Crippen LogP contribution is 2.32. The first-order valence-corrected chi connectivity index (χ1v) is 8.71. The highest BCUT2D eigenvalue weighted by Gasteiger charge is 2.14. The molecule has 3 aromatic rings. The molecule has 0 aliphatic carbocycles. The molecule has 1 aromatic heterocycles. The van der Waals surface area contributed by atoms with Crippen LogP contribution in [0.1, 0.15) is 0 Å². The predicted octanol–water partition coefficient (Wildman–Crippen LogP) is 3.48. The van der Waals surface area contributed by atoms with Crippen molar-refractivity contribution in [2.45, 2.75) is 4.90 Å². The van der Waals surface area contributed by atoms with Crippen molar-refractivity contribution in [1.82, 2.24) is 10.2 Å². The van der Waals surface area contributed by atoms with Crippen molar-refractivity contribution in [2.24, 2.45) is 0 Å². The van der Waals surface area contributed by atoms with Gasteiger partial charge in [0.15, 0.2) is 11.5 Å². The number of carbonyl (C=O) groups excluding carboxylic acids is 1. The Kier molecular flexibility index (Phi) is 5.75. The topological polar surface area (TPSA) is 86.5 Å². The van der Waals surface area contributed by atoms with Crippen LogP contribution in [-0.2, 0) is 4.79 Å². The summed E-state index contributed by atoms with van der Waals surface area (Å²) in [6, 6.07) is 15.0. The number of methoxy groups -OCH3 is 2. The van der Waals surface area contributed by atoms with Gasteiger partial charge in [-0.3, -0.25) is 10.1 Å². The van der Waals surface area contributed by atoms with E-state index in [9.17, 15) is 4.79 Å². The summed E-state index contributed by atoms with van der Waals surface area (Å²) >= 11 is 1.43. The minimum absolute atomic E-state index is 0.0495. The number of amides is 1. The number of nitrogens with zero attached hydrogens (tertiary/aromatic N) is 2. The van der Waals surface area contributed by atoms with E-state index in [-0.39, 0.29) is 23.6 Å². The van der Waals surface area contributed by atoms with Crippen molar-refractivity contribution in [1.29, 1.82) is 0 Å². The molecule has 1 amide bonds. The van der Waals surface area contributed by atoms with Crippen molar-refractivity contribution in [3.05, 3.63) is 48.5 Å². The molecule has 0 spiro atoms. The number of thioether (sulfide) groups is 1. The van der Waals surface area contributed by atoms with Gasteiger partial charge in [-0.25, -0.2) is 0 Å². The average molecular weight is 371 g/mol. The number of ether oxygens (including phenoxy) is 2. The molecule has 0 aliphatic rings. The van der Waals surface area contributed by atoms with Crippen LogP contribution in [0.25, 0.3) is 11.5 Å². The maximum Gasteiger partial charge on any atom is 0.322 e. The van der Waals surface area contributed by atoms with Gasteiger partial charge < -0.3 is 13.9 Å². The molecule has 0 aliphatic heterocycles. The lowest BCUT2D eigenvalue weighted by atomic mass is 10.2. The van der Waals surface area contributed by atoms with Crippen LogP contribution in [0.4, 0.5) is 6.01 Å². The number of anilines is 1. The van der Waals surface area contributed by atoms with Gasteiger partial charge in [0.05, 0.1) is 20.0 Å². The lowest BCUT2D eigenvalue weighted by Gasteiger charge is -2.07. The fraction of sp³-hybridized carbons (Fsp3) is 0.167. The fourth-order valence-electron chi connectivity index (χ4n) is 2.18. The molecule has 1 N–H and O–H groups in total. The van der Waals surface area contributed by atoms with E-state index in [0.717, 1.165) is 4.90 Å². The quantitative estimate of drug-likeness (QED) is 0.636. The summed E-state index contributed by atoms with van der Waals surface area (Å²) in [6.45, 7) is 0. The normalized spacial score (nSPS) is 10.4. The Balaban J connectivity index is 1.63. The monoisotopic (exact) mass is 371 g/mol. The van der Waals surface area contributed by atoms with Gasteiger partial charge in [0.1, 0.15) is 0 Å². The number of nitrogens with one attached hydrogen (secondary N) is 1. The van der Waals surface area contributed by atoms with Crippen LogP contribution >= 0.6 is 11.8 Å².